The third-order valence-corrected chi connectivity index (χ3v) is 8.15. The minimum atomic E-state index is -0.296. The van der Waals surface area contributed by atoms with Crippen molar-refractivity contribution in [2.45, 2.75) is 6.92 Å². The van der Waals surface area contributed by atoms with Crippen molar-refractivity contribution in [1.29, 1.82) is 0 Å². The fraction of sp³-hybridized carbons (Fsp3) is 0.0256. The number of benzene rings is 4. The Balaban J connectivity index is 0.000000164. The van der Waals surface area contributed by atoms with Crippen molar-refractivity contribution < 1.29 is 9.59 Å². The SMILES string of the molecule is Cc1cccc(NC(=O)Nc2ccc(-c3cccn4nnc(N)c34)cc2)c1.Nc1nnn2cccc(-c3ccc(NC(=O)Nc4ccccc4)cc3)c12. The summed E-state index contributed by atoms with van der Waals surface area (Å²) >= 11 is 0. The number of nitrogens with one attached hydrogen (secondary N) is 4. The highest BCUT2D eigenvalue weighted by Crippen LogP contribution is 2.29. The van der Waals surface area contributed by atoms with Gasteiger partial charge in [0.2, 0.25) is 0 Å². The highest BCUT2D eigenvalue weighted by Gasteiger charge is 2.12. The average molecular weight is 703 g/mol. The molecule has 0 radical (unpaired) electrons. The minimum Gasteiger partial charge on any atom is -0.380 e. The number of rotatable bonds is 6. The summed E-state index contributed by atoms with van der Waals surface area (Å²) in [7, 11) is 0. The topological polar surface area (TPSA) is 195 Å². The third-order valence-electron chi connectivity index (χ3n) is 8.15. The first-order valence-electron chi connectivity index (χ1n) is 16.5. The molecule has 0 aliphatic carbocycles. The minimum absolute atomic E-state index is 0.292. The fourth-order valence-electron chi connectivity index (χ4n) is 5.71. The number of nitrogen functional groups attached to an aromatic ring is 2. The van der Waals surface area contributed by atoms with E-state index in [0.29, 0.717) is 23.0 Å². The summed E-state index contributed by atoms with van der Waals surface area (Å²) in [6, 6.07) is 39.0. The molecule has 4 aromatic heterocycles. The summed E-state index contributed by atoms with van der Waals surface area (Å²) in [6.45, 7) is 1.98. The van der Waals surface area contributed by atoms with Gasteiger partial charge in [-0.25, -0.2) is 18.6 Å². The molecule has 4 heterocycles. The van der Waals surface area contributed by atoms with E-state index in [-0.39, 0.29) is 12.1 Å². The number of urea groups is 2. The van der Waals surface area contributed by atoms with Crippen molar-refractivity contribution in [1.82, 2.24) is 29.7 Å². The Kier molecular flexibility index (Phi) is 9.56. The van der Waals surface area contributed by atoms with E-state index < -0.39 is 0 Å². The number of pyridine rings is 2. The molecule has 14 nitrogen and oxygen atoms in total. The van der Waals surface area contributed by atoms with Gasteiger partial charge >= 0.3 is 12.1 Å². The van der Waals surface area contributed by atoms with Gasteiger partial charge in [0.15, 0.2) is 11.6 Å². The standard InChI is InChI=1S/C20H18N6O.C19H16N6O/c1-13-4-2-5-16(12-13)23-20(27)22-15-9-7-14(8-10-15)17-6-3-11-26-18(17)19(21)24-25-26;20-18-17-16(7-4-12-25(17)24-23-18)13-8-10-15(11-9-13)22-19(26)21-14-5-2-1-3-6-14/h2-12H,21H2,1H3,(H2,22,23,27);1-12H,20H2,(H2,21,22,26). The number of aryl methyl sites for hydroxylation is 1. The predicted molar refractivity (Wildman–Crippen MR) is 209 cm³/mol. The van der Waals surface area contributed by atoms with Crippen LogP contribution in [0.4, 0.5) is 44.0 Å². The highest BCUT2D eigenvalue weighted by atomic mass is 16.2. The number of carbonyl (C=O) groups is 2. The third kappa shape index (κ3) is 7.86. The predicted octanol–water partition coefficient (Wildman–Crippen LogP) is 7.55. The van der Waals surface area contributed by atoms with Crippen molar-refractivity contribution in [2.24, 2.45) is 0 Å². The first-order valence-corrected chi connectivity index (χ1v) is 16.5. The molecular weight excluding hydrogens is 669 g/mol. The highest BCUT2D eigenvalue weighted by molar-refractivity contribution is 6.01. The zero-order valence-electron chi connectivity index (χ0n) is 28.4. The van der Waals surface area contributed by atoms with Gasteiger partial charge in [0.05, 0.1) is 0 Å². The molecule has 0 aliphatic heterocycles. The maximum atomic E-state index is 12.2. The maximum Gasteiger partial charge on any atom is 0.323 e. The number of aromatic nitrogens is 6. The number of nitrogens with two attached hydrogens (primary N) is 2. The van der Waals surface area contributed by atoms with Gasteiger partial charge in [-0.1, -0.05) is 77.2 Å². The molecule has 14 heteroatoms. The zero-order valence-corrected chi connectivity index (χ0v) is 28.4. The summed E-state index contributed by atoms with van der Waals surface area (Å²) in [4.78, 5) is 24.2. The Morgan fingerprint density at radius 2 is 0.943 bits per heavy atom. The van der Waals surface area contributed by atoms with Gasteiger partial charge in [-0.2, -0.15) is 0 Å². The molecule has 0 saturated carbocycles. The molecule has 4 aromatic carbocycles. The Bertz CT molecular complexity index is 2530. The lowest BCUT2D eigenvalue weighted by molar-refractivity contribution is 0.261. The summed E-state index contributed by atoms with van der Waals surface area (Å²) in [5.74, 6) is 0.760. The van der Waals surface area contributed by atoms with Crippen LogP contribution < -0.4 is 32.7 Å². The summed E-state index contributed by atoms with van der Waals surface area (Å²) < 4.78 is 3.29. The number of carbonyl (C=O) groups excluding carboxylic acids is 2. The molecule has 8 rings (SSSR count). The first-order chi connectivity index (χ1) is 25.8. The lowest BCUT2D eigenvalue weighted by Crippen LogP contribution is -2.19. The van der Waals surface area contributed by atoms with Gasteiger partial charge < -0.3 is 32.7 Å². The molecule has 8 aromatic rings. The van der Waals surface area contributed by atoms with Crippen molar-refractivity contribution >= 4 is 57.5 Å². The molecule has 0 unspecified atom stereocenters. The van der Waals surface area contributed by atoms with E-state index in [1.807, 2.05) is 134 Å². The van der Waals surface area contributed by atoms with Crippen LogP contribution in [-0.2, 0) is 0 Å². The van der Waals surface area contributed by atoms with Crippen LogP contribution in [0.2, 0.25) is 0 Å². The summed E-state index contributed by atoms with van der Waals surface area (Å²) in [5, 5.41) is 27.0. The van der Waals surface area contributed by atoms with Crippen molar-refractivity contribution in [3.8, 4) is 22.3 Å². The lowest BCUT2D eigenvalue weighted by Gasteiger charge is -2.09. The van der Waals surface area contributed by atoms with Gasteiger partial charge in [0.25, 0.3) is 0 Å². The van der Waals surface area contributed by atoms with Crippen LogP contribution in [-0.4, -0.2) is 41.7 Å². The number of fused-ring (bicyclic) bond motifs is 2. The molecular formula is C39H34N12O2. The number of para-hydroxylation sites is 1. The van der Waals surface area contributed by atoms with E-state index in [1.54, 1.807) is 21.4 Å². The average Bonchev–Trinajstić information content (AvgIpc) is 3.75. The second kappa shape index (κ2) is 15.0. The number of anilines is 6. The molecule has 262 valence electrons. The second-order valence-electron chi connectivity index (χ2n) is 11.9. The Hall–Kier alpha value is -7.74. The molecule has 0 spiro atoms. The second-order valence-corrected chi connectivity index (χ2v) is 11.9. The molecule has 0 bridgehead atoms. The number of hydrogen-bond donors (Lipinski definition) is 6. The van der Waals surface area contributed by atoms with Crippen LogP contribution >= 0.6 is 0 Å². The van der Waals surface area contributed by atoms with Gasteiger partial charge in [-0.15, -0.1) is 10.2 Å². The van der Waals surface area contributed by atoms with E-state index in [2.05, 4.69) is 41.9 Å². The van der Waals surface area contributed by atoms with Gasteiger partial charge in [0, 0.05) is 46.3 Å². The zero-order chi connectivity index (χ0) is 36.7. The van der Waals surface area contributed by atoms with E-state index in [1.165, 1.54) is 0 Å². The molecule has 4 amide bonds. The molecule has 53 heavy (non-hydrogen) atoms. The quantitative estimate of drug-likeness (QED) is 0.102. The van der Waals surface area contributed by atoms with Gasteiger partial charge in [-0.05, 0) is 84.3 Å². The van der Waals surface area contributed by atoms with Crippen LogP contribution in [0.1, 0.15) is 5.56 Å². The summed E-state index contributed by atoms with van der Waals surface area (Å²) in [6.07, 6.45) is 3.60. The molecule has 8 N–H and O–H groups in total. The van der Waals surface area contributed by atoms with Crippen molar-refractivity contribution in [2.75, 3.05) is 32.7 Å². The van der Waals surface area contributed by atoms with Crippen molar-refractivity contribution in [3.63, 3.8) is 0 Å². The van der Waals surface area contributed by atoms with Crippen LogP contribution in [0, 0.1) is 6.92 Å². The Morgan fingerprint density at radius 3 is 1.42 bits per heavy atom. The molecule has 0 saturated heterocycles. The Labute approximate surface area is 303 Å². The van der Waals surface area contributed by atoms with E-state index in [0.717, 1.165) is 50.2 Å². The summed E-state index contributed by atoms with van der Waals surface area (Å²) in [5.41, 5.74) is 21.1. The monoisotopic (exact) mass is 702 g/mol. The van der Waals surface area contributed by atoms with E-state index in [4.69, 9.17) is 11.5 Å². The Morgan fingerprint density at radius 1 is 0.509 bits per heavy atom. The largest absolute Gasteiger partial charge is 0.380 e. The van der Waals surface area contributed by atoms with Crippen LogP contribution in [0.15, 0.2) is 140 Å². The van der Waals surface area contributed by atoms with Gasteiger partial charge in [0.1, 0.15) is 11.0 Å². The lowest BCUT2D eigenvalue weighted by atomic mass is 10.1. The molecule has 0 fully saturated rings. The van der Waals surface area contributed by atoms with Crippen LogP contribution in [0.25, 0.3) is 33.3 Å². The smallest absolute Gasteiger partial charge is 0.323 e. The maximum absolute atomic E-state index is 12.2. The van der Waals surface area contributed by atoms with Crippen LogP contribution in [0.5, 0.6) is 0 Å². The fourth-order valence-corrected chi connectivity index (χ4v) is 5.71. The normalized spacial score (nSPS) is 10.7. The molecule has 0 atom stereocenters. The number of hydrogen-bond acceptors (Lipinski definition) is 8. The van der Waals surface area contributed by atoms with Crippen molar-refractivity contribution in [3.05, 3.63) is 145 Å². The van der Waals surface area contributed by atoms with E-state index in [9.17, 15) is 9.59 Å². The van der Waals surface area contributed by atoms with E-state index >= 15 is 0 Å². The number of nitrogens with zero attached hydrogens (tertiary/aromatic N) is 6. The number of amides is 4. The van der Waals surface area contributed by atoms with Crippen LogP contribution in [0.3, 0.4) is 0 Å². The first kappa shape index (κ1) is 33.7. The molecule has 0 aliphatic rings. The van der Waals surface area contributed by atoms with Gasteiger partial charge in [-0.3, -0.25) is 0 Å².